The first kappa shape index (κ1) is 10.9. The summed E-state index contributed by atoms with van der Waals surface area (Å²) < 4.78 is 11.8. The Morgan fingerprint density at radius 1 is 1.40 bits per heavy atom. The Labute approximate surface area is 78.8 Å². The quantitative estimate of drug-likeness (QED) is 0.525. The highest BCUT2D eigenvalue weighted by Gasteiger charge is 2.22. The van der Waals surface area contributed by atoms with Crippen molar-refractivity contribution in [2.75, 3.05) is 5.33 Å². The Kier molecular flexibility index (Phi) is 6.02. The first-order chi connectivity index (χ1) is 4.62. The lowest BCUT2D eigenvalue weighted by Crippen LogP contribution is -2.14. The summed E-state index contributed by atoms with van der Waals surface area (Å²) in [5.41, 5.74) is 0. The maximum atomic E-state index is 13.0. The van der Waals surface area contributed by atoms with Crippen molar-refractivity contribution in [2.24, 2.45) is 0 Å². The standard InChI is InChI=1S/C7H13Br2F/c1-2-3-4-5-7(9,10)6-8/h2-6H2,1H3. The molecule has 0 saturated carbocycles. The van der Waals surface area contributed by atoms with Gasteiger partial charge in [0, 0.05) is 5.33 Å². The topological polar surface area (TPSA) is 0 Å². The summed E-state index contributed by atoms with van der Waals surface area (Å²) in [5.74, 6) is 0. The molecule has 0 N–H and O–H groups in total. The summed E-state index contributed by atoms with van der Waals surface area (Å²) in [6.07, 6.45) is 3.82. The summed E-state index contributed by atoms with van der Waals surface area (Å²) in [7, 11) is 0. The van der Waals surface area contributed by atoms with E-state index < -0.39 is 4.58 Å². The second-order valence-electron chi connectivity index (χ2n) is 2.45. The fourth-order valence-electron chi connectivity index (χ4n) is 0.700. The summed E-state index contributed by atoms with van der Waals surface area (Å²) >= 11 is 6.10. The van der Waals surface area contributed by atoms with Crippen molar-refractivity contribution < 1.29 is 4.39 Å². The molecule has 1 atom stereocenters. The number of rotatable bonds is 5. The van der Waals surface area contributed by atoms with Crippen LogP contribution in [0.5, 0.6) is 0 Å². The molecule has 0 spiro atoms. The maximum absolute atomic E-state index is 13.0. The van der Waals surface area contributed by atoms with Gasteiger partial charge in [0.05, 0.1) is 0 Å². The highest BCUT2D eigenvalue weighted by atomic mass is 79.9. The number of halogens is 3. The predicted molar refractivity (Wildman–Crippen MR) is 50.7 cm³/mol. The van der Waals surface area contributed by atoms with Crippen LogP contribution >= 0.6 is 31.9 Å². The zero-order valence-electron chi connectivity index (χ0n) is 6.17. The Bertz CT molecular complexity index is 83.7. The van der Waals surface area contributed by atoms with E-state index in [9.17, 15) is 4.39 Å². The Hall–Kier alpha value is 0.890. The van der Waals surface area contributed by atoms with E-state index in [-0.39, 0.29) is 0 Å². The molecule has 0 radical (unpaired) electrons. The fourth-order valence-corrected chi connectivity index (χ4v) is 1.26. The summed E-state index contributed by atoms with van der Waals surface area (Å²) in [5, 5.41) is 0.379. The molecular formula is C7H13Br2F. The van der Waals surface area contributed by atoms with Crippen LogP contribution in [0, 0.1) is 0 Å². The average molecular weight is 276 g/mol. The van der Waals surface area contributed by atoms with Gasteiger partial charge in [0.2, 0.25) is 0 Å². The van der Waals surface area contributed by atoms with Gasteiger partial charge >= 0.3 is 0 Å². The number of alkyl halides is 3. The van der Waals surface area contributed by atoms with E-state index in [2.05, 4.69) is 38.8 Å². The zero-order chi connectivity index (χ0) is 8.04. The first-order valence-corrected chi connectivity index (χ1v) is 5.47. The van der Waals surface area contributed by atoms with Crippen LogP contribution in [0.15, 0.2) is 0 Å². The van der Waals surface area contributed by atoms with E-state index in [1.807, 2.05) is 0 Å². The zero-order valence-corrected chi connectivity index (χ0v) is 9.34. The third-order valence-corrected chi connectivity index (χ3v) is 3.66. The summed E-state index contributed by atoms with van der Waals surface area (Å²) in [6, 6.07) is 0. The Balaban J connectivity index is 3.28. The van der Waals surface area contributed by atoms with Crippen LogP contribution in [-0.2, 0) is 0 Å². The molecule has 0 aromatic rings. The van der Waals surface area contributed by atoms with Gasteiger partial charge in [0.1, 0.15) is 0 Å². The molecular weight excluding hydrogens is 263 g/mol. The molecule has 0 rings (SSSR count). The molecule has 0 bridgehead atoms. The molecule has 0 saturated heterocycles. The van der Waals surface area contributed by atoms with Gasteiger partial charge < -0.3 is 0 Å². The van der Waals surface area contributed by atoms with Crippen molar-refractivity contribution in [3.63, 3.8) is 0 Å². The maximum Gasteiger partial charge on any atom is 0.174 e. The van der Waals surface area contributed by atoms with Crippen LogP contribution in [0.2, 0.25) is 0 Å². The largest absolute Gasteiger partial charge is 0.230 e. The van der Waals surface area contributed by atoms with Gasteiger partial charge in [0.25, 0.3) is 0 Å². The average Bonchev–Trinajstić information content (AvgIpc) is 1.89. The van der Waals surface area contributed by atoms with Crippen LogP contribution in [-0.4, -0.2) is 9.91 Å². The van der Waals surface area contributed by atoms with E-state index in [1.165, 1.54) is 0 Å². The van der Waals surface area contributed by atoms with E-state index >= 15 is 0 Å². The lowest BCUT2D eigenvalue weighted by molar-refractivity contribution is 0.305. The van der Waals surface area contributed by atoms with Crippen LogP contribution in [0.1, 0.15) is 32.6 Å². The molecule has 3 heteroatoms. The van der Waals surface area contributed by atoms with Crippen molar-refractivity contribution >= 4 is 31.9 Å². The van der Waals surface area contributed by atoms with Crippen LogP contribution in [0.25, 0.3) is 0 Å². The van der Waals surface area contributed by atoms with Crippen LogP contribution in [0.3, 0.4) is 0 Å². The van der Waals surface area contributed by atoms with Crippen LogP contribution in [0.4, 0.5) is 4.39 Å². The van der Waals surface area contributed by atoms with E-state index in [0.717, 1.165) is 19.3 Å². The molecule has 0 aromatic carbocycles. The molecule has 1 unspecified atom stereocenters. The highest BCUT2D eigenvalue weighted by molar-refractivity contribution is 9.12. The van der Waals surface area contributed by atoms with Crippen molar-refractivity contribution in [2.45, 2.75) is 37.2 Å². The number of hydrogen-bond donors (Lipinski definition) is 0. The van der Waals surface area contributed by atoms with E-state index in [1.54, 1.807) is 0 Å². The third kappa shape index (κ3) is 5.66. The molecule has 0 aliphatic carbocycles. The van der Waals surface area contributed by atoms with Gasteiger partial charge in [-0.1, -0.05) is 35.7 Å². The predicted octanol–water partition coefficient (Wildman–Crippen LogP) is 4.02. The third-order valence-electron chi connectivity index (χ3n) is 1.34. The minimum Gasteiger partial charge on any atom is -0.230 e. The highest BCUT2D eigenvalue weighted by Crippen LogP contribution is 2.28. The molecule has 0 nitrogen and oxygen atoms in total. The Morgan fingerprint density at radius 2 is 2.00 bits per heavy atom. The van der Waals surface area contributed by atoms with E-state index in [4.69, 9.17) is 0 Å². The fraction of sp³-hybridized carbons (Fsp3) is 1.00. The first-order valence-electron chi connectivity index (χ1n) is 3.56. The SMILES string of the molecule is CCCCCC(F)(Br)CBr. The van der Waals surface area contributed by atoms with Crippen molar-refractivity contribution in [1.82, 2.24) is 0 Å². The van der Waals surface area contributed by atoms with Gasteiger partial charge in [0.15, 0.2) is 4.58 Å². The lowest BCUT2D eigenvalue weighted by Gasteiger charge is -2.13. The second-order valence-corrected chi connectivity index (χ2v) is 4.43. The summed E-state index contributed by atoms with van der Waals surface area (Å²) in [6.45, 7) is 2.11. The molecule has 0 aliphatic heterocycles. The number of hydrogen-bond acceptors (Lipinski definition) is 0. The van der Waals surface area contributed by atoms with Gasteiger partial charge in [-0.2, -0.15) is 0 Å². The number of unbranched alkanes of at least 4 members (excludes halogenated alkanes) is 2. The minimum absolute atomic E-state index is 0.379. The Morgan fingerprint density at radius 3 is 2.40 bits per heavy atom. The summed E-state index contributed by atoms with van der Waals surface area (Å²) in [4.78, 5) is 0. The molecule has 0 aliphatic rings. The smallest absolute Gasteiger partial charge is 0.174 e. The second kappa shape index (κ2) is 5.53. The van der Waals surface area contributed by atoms with Crippen LogP contribution < -0.4 is 0 Å². The molecule has 10 heavy (non-hydrogen) atoms. The molecule has 62 valence electrons. The van der Waals surface area contributed by atoms with E-state index in [0.29, 0.717) is 11.8 Å². The monoisotopic (exact) mass is 274 g/mol. The molecule has 0 aromatic heterocycles. The normalized spacial score (nSPS) is 16.8. The molecule has 0 heterocycles. The van der Waals surface area contributed by atoms with Crippen molar-refractivity contribution in [3.8, 4) is 0 Å². The van der Waals surface area contributed by atoms with Crippen molar-refractivity contribution in [1.29, 1.82) is 0 Å². The lowest BCUT2D eigenvalue weighted by atomic mass is 10.1. The van der Waals surface area contributed by atoms with Gasteiger partial charge in [-0.3, -0.25) is 0 Å². The molecule has 0 amide bonds. The minimum atomic E-state index is -1.18. The van der Waals surface area contributed by atoms with Gasteiger partial charge in [-0.05, 0) is 28.8 Å². The molecule has 0 fully saturated rings. The van der Waals surface area contributed by atoms with Crippen molar-refractivity contribution in [3.05, 3.63) is 0 Å². The van der Waals surface area contributed by atoms with Gasteiger partial charge in [-0.25, -0.2) is 4.39 Å². The van der Waals surface area contributed by atoms with Gasteiger partial charge in [-0.15, -0.1) is 0 Å².